The van der Waals surface area contributed by atoms with Gasteiger partial charge in [0, 0.05) is 11.4 Å². The molecule has 0 heterocycles. The molecule has 0 aliphatic carbocycles. The molecule has 102 valence electrons. The van der Waals surface area contributed by atoms with Crippen molar-refractivity contribution in [2.24, 2.45) is 5.92 Å². The standard InChI is InChI=1S/C15H24ClNS/c1-4-9-17-11-13-6-5-7-14(16)15(13)18-10-8-12(2)3/h5-7,12,17H,4,8-11H2,1-3H3. The van der Waals surface area contributed by atoms with Gasteiger partial charge in [0.05, 0.1) is 5.02 Å². The Balaban J connectivity index is 2.61. The molecule has 0 saturated heterocycles. The average Bonchev–Trinajstić information content (AvgIpc) is 2.32. The lowest BCUT2D eigenvalue weighted by molar-refractivity contribution is 0.631. The van der Waals surface area contributed by atoms with E-state index in [1.165, 1.54) is 16.9 Å². The van der Waals surface area contributed by atoms with E-state index in [9.17, 15) is 0 Å². The monoisotopic (exact) mass is 285 g/mol. The van der Waals surface area contributed by atoms with Crippen LogP contribution in [0.5, 0.6) is 0 Å². The van der Waals surface area contributed by atoms with Gasteiger partial charge in [-0.3, -0.25) is 0 Å². The second-order valence-electron chi connectivity index (χ2n) is 4.94. The summed E-state index contributed by atoms with van der Waals surface area (Å²) in [6, 6.07) is 6.20. The summed E-state index contributed by atoms with van der Waals surface area (Å²) in [5.41, 5.74) is 1.32. The number of benzene rings is 1. The first kappa shape index (κ1) is 15.9. The van der Waals surface area contributed by atoms with Gasteiger partial charge in [-0.05, 0) is 42.7 Å². The summed E-state index contributed by atoms with van der Waals surface area (Å²) >= 11 is 8.20. The lowest BCUT2D eigenvalue weighted by Crippen LogP contribution is -2.14. The molecule has 1 rings (SSSR count). The normalized spacial score (nSPS) is 11.2. The van der Waals surface area contributed by atoms with E-state index in [1.54, 1.807) is 0 Å². The number of halogens is 1. The smallest absolute Gasteiger partial charge is 0.0545 e. The molecule has 0 saturated carbocycles. The highest BCUT2D eigenvalue weighted by atomic mass is 35.5. The molecule has 0 amide bonds. The van der Waals surface area contributed by atoms with Gasteiger partial charge < -0.3 is 5.32 Å². The first-order chi connectivity index (χ1) is 8.65. The number of nitrogens with one attached hydrogen (secondary N) is 1. The van der Waals surface area contributed by atoms with E-state index >= 15 is 0 Å². The fourth-order valence-corrected chi connectivity index (χ4v) is 3.33. The third kappa shape index (κ3) is 5.64. The summed E-state index contributed by atoms with van der Waals surface area (Å²) in [5, 5.41) is 4.33. The molecule has 1 aromatic carbocycles. The molecule has 0 fully saturated rings. The Labute approximate surface area is 121 Å². The molecule has 0 radical (unpaired) electrons. The number of thioether (sulfide) groups is 1. The Kier molecular flexibility index (Phi) is 7.80. The number of hydrogen-bond acceptors (Lipinski definition) is 2. The summed E-state index contributed by atoms with van der Waals surface area (Å²) < 4.78 is 0. The fraction of sp³-hybridized carbons (Fsp3) is 0.600. The summed E-state index contributed by atoms with van der Waals surface area (Å²) in [6.07, 6.45) is 2.40. The van der Waals surface area contributed by atoms with Crippen LogP contribution in [0.2, 0.25) is 5.02 Å². The highest BCUT2D eigenvalue weighted by Gasteiger charge is 2.07. The molecule has 1 N–H and O–H groups in total. The van der Waals surface area contributed by atoms with Crippen molar-refractivity contribution in [3.63, 3.8) is 0 Å². The van der Waals surface area contributed by atoms with Crippen molar-refractivity contribution < 1.29 is 0 Å². The third-order valence-electron chi connectivity index (χ3n) is 2.73. The van der Waals surface area contributed by atoms with E-state index in [-0.39, 0.29) is 0 Å². The predicted molar refractivity (Wildman–Crippen MR) is 83.6 cm³/mol. The van der Waals surface area contributed by atoms with Gasteiger partial charge in [0.15, 0.2) is 0 Å². The second kappa shape index (κ2) is 8.84. The Morgan fingerprint density at radius 1 is 1.33 bits per heavy atom. The molecular formula is C15H24ClNS. The van der Waals surface area contributed by atoms with Crippen molar-refractivity contribution in [2.45, 2.75) is 45.1 Å². The third-order valence-corrected chi connectivity index (χ3v) is 4.37. The second-order valence-corrected chi connectivity index (χ2v) is 6.45. The van der Waals surface area contributed by atoms with Crippen LogP contribution in [-0.2, 0) is 6.54 Å². The van der Waals surface area contributed by atoms with Crippen LogP contribution < -0.4 is 5.32 Å². The molecule has 0 bridgehead atoms. The first-order valence-electron chi connectivity index (χ1n) is 6.76. The molecule has 1 nitrogen and oxygen atoms in total. The average molecular weight is 286 g/mol. The van der Waals surface area contributed by atoms with Crippen LogP contribution in [0.3, 0.4) is 0 Å². The largest absolute Gasteiger partial charge is 0.313 e. The lowest BCUT2D eigenvalue weighted by atomic mass is 10.2. The molecule has 0 aliphatic rings. The Hall–Kier alpha value is -0.180. The van der Waals surface area contributed by atoms with Crippen LogP contribution in [0.4, 0.5) is 0 Å². The summed E-state index contributed by atoms with van der Waals surface area (Å²) in [5.74, 6) is 1.89. The van der Waals surface area contributed by atoms with Gasteiger partial charge in [0.2, 0.25) is 0 Å². The van der Waals surface area contributed by atoms with Crippen molar-refractivity contribution in [3.8, 4) is 0 Å². The quantitative estimate of drug-likeness (QED) is 0.534. The number of rotatable bonds is 8. The maximum absolute atomic E-state index is 6.31. The van der Waals surface area contributed by atoms with E-state index < -0.39 is 0 Å². The van der Waals surface area contributed by atoms with Crippen LogP contribution >= 0.6 is 23.4 Å². The summed E-state index contributed by atoms with van der Waals surface area (Å²) in [7, 11) is 0. The highest BCUT2D eigenvalue weighted by Crippen LogP contribution is 2.31. The van der Waals surface area contributed by atoms with Gasteiger partial charge in [-0.25, -0.2) is 0 Å². The molecule has 0 atom stereocenters. The fourth-order valence-electron chi connectivity index (χ4n) is 1.65. The van der Waals surface area contributed by atoms with Gasteiger partial charge in [-0.1, -0.05) is 44.5 Å². The minimum absolute atomic E-state index is 0.752. The Bertz CT molecular complexity index is 352. The Morgan fingerprint density at radius 3 is 2.78 bits per heavy atom. The number of hydrogen-bond donors (Lipinski definition) is 1. The highest BCUT2D eigenvalue weighted by molar-refractivity contribution is 7.99. The van der Waals surface area contributed by atoms with E-state index in [4.69, 9.17) is 11.6 Å². The van der Waals surface area contributed by atoms with Crippen LogP contribution in [0.25, 0.3) is 0 Å². The van der Waals surface area contributed by atoms with E-state index in [2.05, 4.69) is 32.2 Å². The molecule has 1 aromatic rings. The Morgan fingerprint density at radius 2 is 2.11 bits per heavy atom. The van der Waals surface area contributed by atoms with Crippen molar-refractivity contribution >= 4 is 23.4 Å². The van der Waals surface area contributed by atoms with Crippen molar-refractivity contribution in [1.82, 2.24) is 5.32 Å². The molecule has 0 aromatic heterocycles. The van der Waals surface area contributed by atoms with Crippen LogP contribution in [0.15, 0.2) is 23.1 Å². The predicted octanol–water partition coefficient (Wildman–Crippen LogP) is 4.98. The van der Waals surface area contributed by atoms with Crippen molar-refractivity contribution in [2.75, 3.05) is 12.3 Å². The first-order valence-corrected chi connectivity index (χ1v) is 8.12. The zero-order valence-corrected chi connectivity index (χ0v) is 13.2. The van der Waals surface area contributed by atoms with Gasteiger partial charge in [-0.2, -0.15) is 0 Å². The van der Waals surface area contributed by atoms with Gasteiger partial charge >= 0.3 is 0 Å². The lowest BCUT2D eigenvalue weighted by Gasteiger charge is -2.12. The molecular weight excluding hydrogens is 262 g/mol. The maximum Gasteiger partial charge on any atom is 0.0545 e. The van der Waals surface area contributed by atoms with Crippen LogP contribution in [0, 0.1) is 5.92 Å². The van der Waals surface area contributed by atoms with Crippen LogP contribution in [-0.4, -0.2) is 12.3 Å². The zero-order chi connectivity index (χ0) is 13.4. The van der Waals surface area contributed by atoms with Gasteiger partial charge in [0.25, 0.3) is 0 Å². The zero-order valence-electron chi connectivity index (χ0n) is 11.6. The molecule has 3 heteroatoms. The van der Waals surface area contributed by atoms with Crippen molar-refractivity contribution in [3.05, 3.63) is 28.8 Å². The minimum atomic E-state index is 0.752. The SMILES string of the molecule is CCCNCc1cccc(Cl)c1SCCC(C)C. The van der Waals surface area contributed by atoms with Gasteiger partial charge in [0.1, 0.15) is 0 Å². The van der Waals surface area contributed by atoms with E-state index in [0.29, 0.717) is 0 Å². The molecule has 0 unspecified atom stereocenters. The van der Waals surface area contributed by atoms with Gasteiger partial charge in [-0.15, -0.1) is 11.8 Å². The van der Waals surface area contributed by atoms with Crippen molar-refractivity contribution in [1.29, 1.82) is 0 Å². The van der Waals surface area contributed by atoms with E-state index in [0.717, 1.165) is 36.2 Å². The summed E-state index contributed by atoms with van der Waals surface area (Å²) in [4.78, 5) is 1.25. The molecule has 18 heavy (non-hydrogen) atoms. The summed E-state index contributed by atoms with van der Waals surface area (Å²) in [6.45, 7) is 8.68. The molecule has 0 aliphatic heterocycles. The van der Waals surface area contributed by atoms with Crippen LogP contribution in [0.1, 0.15) is 39.2 Å². The van der Waals surface area contributed by atoms with E-state index in [1.807, 2.05) is 23.9 Å². The minimum Gasteiger partial charge on any atom is -0.313 e. The molecule has 0 spiro atoms. The topological polar surface area (TPSA) is 12.0 Å². The maximum atomic E-state index is 6.31.